The molecule has 1 heterocycles. The van der Waals surface area contributed by atoms with E-state index in [0.717, 1.165) is 11.8 Å². The summed E-state index contributed by atoms with van der Waals surface area (Å²) in [6.45, 7) is 9.31. The van der Waals surface area contributed by atoms with E-state index < -0.39 is 0 Å². The third-order valence-corrected chi connectivity index (χ3v) is 12.8. The lowest BCUT2D eigenvalue weighted by Crippen LogP contribution is -2.03. The van der Waals surface area contributed by atoms with Crippen LogP contribution in [0.4, 0.5) is 0 Å². The summed E-state index contributed by atoms with van der Waals surface area (Å²) in [6, 6.07) is 4.86. The smallest absolute Gasteiger partial charge is 0.0149 e. The van der Waals surface area contributed by atoms with Crippen molar-refractivity contribution in [2.24, 2.45) is 11.8 Å². The zero-order chi connectivity index (χ0) is 38.1. The maximum absolute atomic E-state index is 3.88. The molecule has 1 aromatic heterocycles. The van der Waals surface area contributed by atoms with E-state index in [2.05, 4.69) is 44.8 Å². The largest absolute Gasteiger partial charge is 0.362 e. The Morgan fingerprint density at radius 1 is 0.283 bits per heavy atom. The summed E-state index contributed by atoms with van der Waals surface area (Å²) in [4.78, 5) is 3.88. The molecule has 0 aromatic carbocycles. The molecule has 0 unspecified atom stereocenters. The molecule has 1 nitrogen and oxygen atoms in total. The Balaban J connectivity index is 2.43. The van der Waals surface area contributed by atoms with Crippen molar-refractivity contribution in [3.05, 3.63) is 23.5 Å². The first-order valence-electron chi connectivity index (χ1n) is 25.4. The van der Waals surface area contributed by atoms with Crippen LogP contribution in [0, 0.1) is 11.8 Å². The predicted octanol–water partition coefficient (Wildman–Crippen LogP) is 19.0. The molecule has 0 aliphatic heterocycles. The van der Waals surface area contributed by atoms with Gasteiger partial charge in [0.1, 0.15) is 0 Å². The molecule has 0 saturated carbocycles. The lowest BCUT2D eigenvalue weighted by atomic mass is 9.89. The third kappa shape index (κ3) is 34.3. The van der Waals surface area contributed by atoms with Crippen molar-refractivity contribution < 1.29 is 0 Å². The number of hydrogen-bond acceptors (Lipinski definition) is 0. The van der Waals surface area contributed by atoms with Gasteiger partial charge < -0.3 is 4.98 Å². The molecule has 0 aliphatic rings. The number of aromatic nitrogens is 1. The van der Waals surface area contributed by atoms with Gasteiger partial charge in [0.05, 0.1) is 0 Å². The molecular weight excluding hydrogens is 639 g/mol. The first kappa shape index (κ1) is 50.3. The summed E-state index contributed by atoms with van der Waals surface area (Å²) in [6.07, 6.45) is 60.5. The number of aryl methyl sites for hydroxylation is 2. The first-order chi connectivity index (χ1) is 26.2. The van der Waals surface area contributed by atoms with Crippen LogP contribution in [0.15, 0.2) is 12.1 Å². The second-order valence-electron chi connectivity index (χ2n) is 18.1. The third-order valence-electron chi connectivity index (χ3n) is 12.8. The van der Waals surface area contributed by atoms with Crippen LogP contribution in [-0.2, 0) is 12.8 Å². The van der Waals surface area contributed by atoms with Gasteiger partial charge in [0.15, 0.2) is 0 Å². The second-order valence-corrected chi connectivity index (χ2v) is 18.1. The van der Waals surface area contributed by atoms with Crippen LogP contribution in [-0.4, -0.2) is 4.98 Å². The Morgan fingerprint density at radius 3 is 0.736 bits per heavy atom. The number of nitrogens with one attached hydrogen (secondary N) is 1. The predicted molar refractivity (Wildman–Crippen MR) is 243 cm³/mol. The molecule has 0 amide bonds. The minimum atomic E-state index is 0.962. The summed E-state index contributed by atoms with van der Waals surface area (Å²) in [5.41, 5.74) is 3.01. The van der Waals surface area contributed by atoms with Gasteiger partial charge in [0.2, 0.25) is 0 Å². The molecule has 1 aromatic rings. The van der Waals surface area contributed by atoms with Gasteiger partial charge >= 0.3 is 0 Å². The van der Waals surface area contributed by atoms with Crippen LogP contribution >= 0.6 is 0 Å². The number of unbranched alkanes of at least 4 members (excludes halogenated alkanes) is 28. The average molecular weight is 740 g/mol. The van der Waals surface area contributed by atoms with E-state index in [-0.39, 0.29) is 0 Å². The van der Waals surface area contributed by atoms with E-state index in [1.54, 1.807) is 0 Å². The summed E-state index contributed by atoms with van der Waals surface area (Å²) in [7, 11) is 0. The monoisotopic (exact) mass is 740 g/mol. The normalized spacial score (nSPS) is 11.9. The van der Waals surface area contributed by atoms with Crippen molar-refractivity contribution in [3.63, 3.8) is 0 Å². The molecule has 0 aliphatic carbocycles. The van der Waals surface area contributed by atoms with Crippen molar-refractivity contribution in [2.45, 2.75) is 297 Å². The van der Waals surface area contributed by atoms with Gasteiger partial charge in [0.25, 0.3) is 0 Å². The maximum atomic E-state index is 3.88. The molecule has 0 saturated heterocycles. The van der Waals surface area contributed by atoms with Crippen LogP contribution in [0.3, 0.4) is 0 Å². The Labute approximate surface area is 336 Å². The SMILES string of the molecule is CCCCCCCCCCC(CCCCCCCCCC)CCCc1ccc(CCCC(CCCCCCCCCC)CCCCCCCCCC)[nH]1. The van der Waals surface area contributed by atoms with Crippen LogP contribution in [0.2, 0.25) is 0 Å². The van der Waals surface area contributed by atoms with E-state index >= 15 is 0 Å². The van der Waals surface area contributed by atoms with Crippen molar-refractivity contribution in [3.8, 4) is 0 Å². The molecule has 1 N–H and O–H groups in total. The summed E-state index contributed by atoms with van der Waals surface area (Å²) < 4.78 is 0. The highest BCUT2D eigenvalue weighted by molar-refractivity contribution is 5.13. The second kappa shape index (κ2) is 40.9. The van der Waals surface area contributed by atoms with E-state index in [9.17, 15) is 0 Å². The first-order valence-corrected chi connectivity index (χ1v) is 25.4. The Bertz CT molecular complexity index is 703. The van der Waals surface area contributed by atoms with E-state index in [0.29, 0.717) is 0 Å². The fraction of sp³-hybridized carbons (Fsp3) is 0.923. The lowest BCUT2D eigenvalue weighted by molar-refractivity contribution is 0.370. The highest BCUT2D eigenvalue weighted by Gasteiger charge is 2.12. The number of H-pyrrole nitrogens is 1. The summed E-state index contributed by atoms with van der Waals surface area (Å²) in [5, 5.41) is 0. The fourth-order valence-corrected chi connectivity index (χ4v) is 9.08. The number of aromatic amines is 1. The van der Waals surface area contributed by atoms with Crippen molar-refractivity contribution >= 4 is 0 Å². The number of rotatable bonds is 44. The van der Waals surface area contributed by atoms with Crippen LogP contribution in [0.25, 0.3) is 0 Å². The topological polar surface area (TPSA) is 15.8 Å². The molecule has 0 spiro atoms. The van der Waals surface area contributed by atoms with Gasteiger partial charge in [-0.15, -0.1) is 0 Å². The highest BCUT2D eigenvalue weighted by Crippen LogP contribution is 2.26. The van der Waals surface area contributed by atoms with Gasteiger partial charge in [-0.3, -0.25) is 0 Å². The standard InChI is InChI=1S/C52H101N/c1-5-9-13-17-21-25-29-33-39-49(40-34-30-26-22-18-14-10-6-2)43-37-45-51-47-48-52(53-51)46-38-44-50(41-35-31-27-23-19-15-11-7-3)42-36-32-28-24-20-16-12-8-4/h47-50,53H,5-46H2,1-4H3. The molecule has 1 rings (SSSR count). The molecule has 0 bridgehead atoms. The minimum absolute atomic E-state index is 0.962. The summed E-state index contributed by atoms with van der Waals surface area (Å²) in [5.74, 6) is 1.92. The Hall–Kier alpha value is -0.720. The van der Waals surface area contributed by atoms with Crippen LogP contribution in [0.1, 0.15) is 296 Å². The zero-order valence-corrected chi connectivity index (χ0v) is 37.5. The van der Waals surface area contributed by atoms with Crippen molar-refractivity contribution in [1.82, 2.24) is 4.98 Å². The maximum Gasteiger partial charge on any atom is 0.0149 e. The minimum Gasteiger partial charge on any atom is -0.362 e. The molecular formula is C52H101N. The Morgan fingerprint density at radius 2 is 0.491 bits per heavy atom. The van der Waals surface area contributed by atoms with E-state index in [1.807, 2.05) is 0 Å². The van der Waals surface area contributed by atoms with E-state index in [4.69, 9.17) is 0 Å². The molecule has 314 valence electrons. The van der Waals surface area contributed by atoms with Crippen molar-refractivity contribution in [2.75, 3.05) is 0 Å². The Kier molecular flexibility index (Phi) is 38.8. The molecule has 0 fully saturated rings. The van der Waals surface area contributed by atoms with E-state index in [1.165, 1.54) is 281 Å². The van der Waals surface area contributed by atoms with Gasteiger partial charge in [-0.2, -0.15) is 0 Å². The highest BCUT2D eigenvalue weighted by atomic mass is 14.7. The quantitative estimate of drug-likeness (QED) is 0.0642. The molecule has 53 heavy (non-hydrogen) atoms. The zero-order valence-electron chi connectivity index (χ0n) is 37.5. The van der Waals surface area contributed by atoms with Crippen molar-refractivity contribution in [1.29, 1.82) is 0 Å². The van der Waals surface area contributed by atoms with Gasteiger partial charge in [-0.25, -0.2) is 0 Å². The van der Waals surface area contributed by atoms with Crippen LogP contribution in [0.5, 0.6) is 0 Å². The molecule has 0 radical (unpaired) electrons. The number of hydrogen-bond donors (Lipinski definition) is 1. The lowest BCUT2D eigenvalue weighted by Gasteiger charge is -2.17. The van der Waals surface area contributed by atoms with Gasteiger partial charge in [-0.1, -0.05) is 272 Å². The van der Waals surface area contributed by atoms with Gasteiger partial charge in [-0.05, 0) is 49.7 Å². The summed E-state index contributed by atoms with van der Waals surface area (Å²) >= 11 is 0. The molecule has 0 atom stereocenters. The molecule has 1 heteroatoms. The van der Waals surface area contributed by atoms with Crippen LogP contribution < -0.4 is 0 Å². The van der Waals surface area contributed by atoms with Gasteiger partial charge in [0, 0.05) is 11.4 Å². The fourth-order valence-electron chi connectivity index (χ4n) is 9.08. The average Bonchev–Trinajstić information content (AvgIpc) is 3.62.